The van der Waals surface area contributed by atoms with E-state index in [1.165, 1.54) is 0 Å². The molecule has 2 aromatic heterocycles. The van der Waals surface area contributed by atoms with Gasteiger partial charge in [-0.1, -0.05) is 12.7 Å². The predicted molar refractivity (Wildman–Crippen MR) is 135 cm³/mol. The van der Waals surface area contributed by atoms with E-state index in [0.29, 0.717) is 29.5 Å². The molecule has 3 aromatic rings. The standard InChI is InChI=1S/C27H32FN5O2/c1-6-34-26-20-10-9-17(2)21-13-22(24(28)12-18(21)3)23-14-29-32(5)27(23)35-19-8-7-11-33(15-19)16-25(20)31(4)30-26/h9-10,12-14,19H,2,6-8,11,15-16H2,1,3-5H3/b10-9+. The molecule has 35 heavy (non-hydrogen) atoms. The summed E-state index contributed by atoms with van der Waals surface area (Å²) < 4.78 is 31.2. The molecule has 2 unspecified atom stereocenters. The van der Waals surface area contributed by atoms with E-state index >= 15 is 4.39 Å². The summed E-state index contributed by atoms with van der Waals surface area (Å²) >= 11 is 0. The fraction of sp³-hybridized carbons (Fsp3) is 0.407. The van der Waals surface area contributed by atoms with Gasteiger partial charge in [0, 0.05) is 32.7 Å². The van der Waals surface area contributed by atoms with Crippen molar-refractivity contribution in [1.82, 2.24) is 24.5 Å². The number of halogens is 1. The second kappa shape index (κ2) is 9.34. The topological polar surface area (TPSA) is 57.3 Å². The first-order valence-electron chi connectivity index (χ1n) is 12.1. The van der Waals surface area contributed by atoms with Crippen molar-refractivity contribution in [2.45, 2.75) is 39.3 Å². The Morgan fingerprint density at radius 1 is 1.17 bits per heavy atom. The van der Waals surface area contributed by atoms with Gasteiger partial charge >= 0.3 is 0 Å². The summed E-state index contributed by atoms with van der Waals surface area (Å²) in [7, 11) is 3.79. The molecule has 7 nitrogen and oxygen atoms in total. The molecule has 4 bridgehead atoms. The van der Waals surface area contributed by atoms with Crippen molar-refractivity contribution in [3.8, 4) is 22.9 Å². The maximum Gasteiger partial charge on any atom is 0.240 e. The third-order valence-corrected chi connectivity index (χ3v) is 6.85. The summed E-state index contributed by atoms with van der Waals surface area (Å²) in [5.74, 6) is 0.892. The third-order valence-electron chi connectivity index (χ3n) is 6.85. The van der Waals surface area contributed by atoms with Crippen molar-refractivity contribution in [2.75, 3.05) is 19.7 Å². The smallest absolute Gasteiger partial charge is 0.240 e. The number of fused-ring (bicyclic) bond motifs is 7. The fourth-order valence-corrected chi connectivity index (χ4v) is 5.02. The molecule has 5 rings (SSSR count). The van der Waals surface area contributed by atoms with Crippen LogP contribution in [0.25, 0.3) is 22.8 Å². The third kappa shape index (κ3) is 4.38. The Kier molecular flexibility index (Phi) is 6.23. The highest BCUT2D eigenvalue weighted by Crippen LogP contribution is 2.37. The van der Waals surface area contributed by atoms with Gasteiger partial charge in [0.2, 0.25) is 11.8 Å². The highest BCUT2D eigenvalue weighted by molar-refractivity contribution is 5.83. The summed E-state index contributed by atoms with van der Waals surface area (Å²) in [5, 5.41) is 9.03. The number of aryl methyl sites for hydroxylation is 3. The highest BCUT2D eigenvalue weighted by atomic mass is 19.1. The lowest BCUT2D eigenvalue weighted by atomic mass is 9.95. The van der Waals surface area contributed by atoms with Gasteiger partial charge in [0.15, 0.2) is 0 Å². The van der Waals surface area contributed by atoms with Crippen LogP contribution >= 0.6 is 0 Å². The van der Waals surface area contributed by atoms with Crippen LogP contribution in [0.15, 0.2) is 31.0 Å². The molecule has 0 amide bonds. The summed E-state index contributed by atoms with van der Waals surface area (Å²) in [4.78, 5) is 2.38. The predicted octanol–water partition coefficient (Wildman–Crippen LogP) is 4.75. The number of benzene rings is 1. The lowest BCUT2D eigenvalue weighted by Gasteiger charge is -2.33. The Labute approximate surface area is 205 Å². The van der Waals surface area contributed by atoms with E-state index in [1.54, 1.807) is 16.9 Å². The van der Waals surface area contributed by atoms with Crippen LogP contribution in [0, 0.1) is 12.7 Å². The maximum absolute atomic E-state index is 15.2. The maximum atomic E-state index is 15.2. The molecule has 1 aromatic carbocycles. The molecular formula is C27H32FN5O2. The zero-order valence-electron chi connectivity index (χ0n) is 20.8. The van der Waals surface area contributed by atoms with Crippen LogP contribution in [0.3, 0.4) is 0 Å². The van der Waals surface area contributed by atoms with Crippen molar-refractivity contribution < 1.29 is 13.9 Å². The molecule has 0 spiro atoms. The zero-order chi connectivity index (χ0) is 24.7. The first kappa shape index (κ1) is 23.4. The number of hydrogen-bond donors (Lipinski definition) is 0. The van der Waals surface area contributed by atoms with E-state index < -0.39 is 0 Å². The summed E-state index contributed by atoms with van der Waals surface area (Å²) in [6.45, 7) is 11.1. The van der Waals surface area contributed by atoms with Crippen LogP contribution < -0.4 is 9.47 Å². The normalized spacial score (nSPS) is 20.8. The minimum Gasteiger partial charge on any atom is -0.476 e. The van der Waals surface area contributed by atoms with Gasteiger partial charge in [-0.2, -0.15) is 5.10 Å². The quantitative estimate of drug-likeness (QED) is 0.533. The Balaban J connectivity index is 1.67. The van der Waals surface area contributed by atoms with Crippen LogP contribution in [0.4, 0.5) is 4.39 Å². The molecule has 1 saturated heterocycles. The van der Waals surface area contributed by atoms with Crippen molar-refractivity contribution in [3.05, 3.63) is 59.2 Å². The molecule has 0 aliphatic carbocycles. The molecule has 2 aliphatic heterocycles. The van der Waals surface area contributed by atoms with Gasteiger partial charge in [-0.15, -0.1) is 5.10 Å². The number of rotatable bonds is 2. The van der Waals surface area contributed by atoms with Crippen LogP contribution in [0.1, 0.15) is 42.1 Å². The number of allylic oxidation sites excluding steroid dienone is 2. The Morgan fingerprint density at radius 2 is 2.00 bits per heavy atom. The molecule has 4 heterocycles. The lowest BCUT2D eigenvalue weighted by Crippen LogP contribution is -2.41. The average molecular weight is 478 g/mol. The zero-order valence-corrected chi connectivity index (χ0v) is 20.8. The van der Waals surface area contributed by atoms with Gasteiger partial charge < -0.3 is 9.47 Å². The van der Waals surface area contributed by atoms with Crippen LogP contribution in [-0.4, -0.2) is 50.3 Å². The molecule has 0 radical (unpaired) electrons. The van der Waals surface area contributed by atoms with Crippen molar-refractivity contribution in [2.24, 2.45) is 14.1 Å². The minimum atomic E-state index is -0.302. The molecule has 184 valence electrons. The lowest BCUT2D eigenvalue weighted by molar-refractivity contribution is 0.0767. The molecular weight excluding hydrogens is 445 g/mol. The van der Waals surface area contributed by atoms with Crippen LogP contribution in [0.5, 0.6) is 11.8 Å². The van der Waals surface area contributed by atoms with E-state index in [2.05, 4.69) is 21.7 Å². The summed E-state index contributed by atoms with van der Waals surface area (Å²) in [6.07, 6.45) is 7.59. The van der Waals surface area contributed by atoms with Crippen LogP contribution in [0.2, 0.25) is 0 Å². The second-order valence-electron chi connectivity index (χ2n) is 9.33. The summed E-state index contributed by atoms with van der Waals surface area (Å²) in [6, 6.07) is 3.41. The molecule has 8 heteroatoms. The molecule has 1 fully saturated rings. The molecule has 0 saturated carbocycles. The molecule has 2 aliphatic rings. The van der Waals surface area contributed by atoms with Crippen molar-refractivity contribution in [3.63, 3.8) is 0 Å². The monoisotopic (exact) mass is 477 g/mol. The highest BCUT2D eigenvalue weighted by Gasteiger charge is 2.27. The largest absolute Gasteiger partial charge is 0.476 e. The van der Waals surface area contributed by atoms with Gasteiger partial charge in [-0.3, -0.25) is 9.58 Å². The first-order valence-corrected chi connectivity index (χ1v) is 12.1. The average Bonchev–Trinajstić information content (AvgIpc) is 3.31. The number of nitrogens with zero attached hydrogens (tertiary/aromatic N) is 5. The Morgan fingerprint density at radius 3 is 2.80 bits per heavy atom. The van der Waals surface area contributed by atoms with Gasteiger partial charge in [-0.25, -0.2) is 9.07 Å². The molecule has 0 N–H and O–H groups in total. The second-order valence-corrected chi connectivity index (χ2v) is 9.33. The van der Waals surface area contributed by atoms with E-state index in [9.17, 15) is 0 Å². The van der Waals surface area contributed by atoms with E-state index in [0.717, 1.165) is 60.4 Å². The first-order chi connectivity index (χ1) is 16.9. The van der Waals surface area contributed by atoms with Gasteiger partial charge in [0.25, 0.3) is 0 Å². The number of aromatic nitrogens is 4. The van der Waals surface area contributed by atoms with E-state index in [-0.39, 0.29) is 11.9 Å². The van der Waals surface area contributed by atoms with Crippen molar-refractivity contribution in [1.29, 1.82) is 0 Å². The van der Waals surface area contributed by atoms with Gasteiger partial charge in [0.1, 0.15) is 11.9 Å². The number of piperidine rings is 1. The van der Waals surface area contributed by atoms with Gasteiger partial charge in [0.05, 0.1) is 29.6 Å². The Hall–Kier alpha value is -3.39. The number of ether oxygens (including phenoxy) is 2. The van der Waals surface area contributed by atoms with E-state index in [1.807, 2.05) is 50.8 Å². The Bertz CT molecular complexity index is 1310. The van der Waals surface area contributed by atoms with Crippen molar-refractivity contribution >= 4 is 11.6 Å². The fourth-order valence-electron chi connectivity index (χ4n) is 5.02. The van der Waals surface area contributed by atoms with E-state index in [4.69, 9.17) is 9.47 Å². The molecule has 2 atom stereocenters. The van der Waals surface area contributed by atoms with Gasteiger partial charge in [-0.05, 0) is 68.1 Å². The van der Waals surface area contributed by atoms with Crippen LogP contribution in [-0.2, 0) is 20.6 Å². The SMILES string of the molecule is C=C1/C=C/c2c(OCC)nn(C)c2CN2CCCC(C2)Oc2c(cnn2C)-c2cc1c(C)cc2F. The summed E-state index contributed by atoms with van der Waals surface area (Å²) in [5.41, 5.74) is 5.60. The minimum absolute atomic E-state index is 0.0236. The number of hydrogen-bond acceptors (Lipinski definition) is 5.